The summed E-state index contributed by atoms with van der Waals surface area (Å²) in [5.74, 6) is 0.725. The second-order valence-electron chi connectivity index (χ2n) is 3.55. The molecule has 0 radical (unpaired) electrons. The Labute approximate surface area is 94.3 Å². The van der Waals surface area contributed by atoms with E-state index in [2.05, 4.69) is 0 Å². The van der Waals surface area contributed by atoms with E-state index in [0.29, 0.717) is 13.0 Å². The number of ether oxygens (including phenoxy) is 1. The summed E-state index contributed by atoms with van der Waals surface area (Å²) < 4.78 is 4.95. The largest absolute Gasteiger partial charge is 0.383 e. The molecule has 2 amide bonds. The molecular formula is C10H17NO3S. The average molecular weight is 231 g/mol. The number of thioether (sulfide) groups is 1. The predicted octanol–water partition coefficient (Wildman–Crippen LogP) is 0.902. The highest BCUT2D eigenvalue weighted by atomic mass is 32.2. The number of imide groups is 1. The Morgan fingerprint density at radius 1 is 1.60 bits per heavy atom. The normalized spacial score (nSPS) is 23.7. The quantitative estimate of drug-likeness (QED) is 0.660. The van der Waals surface area contributed by atoms with Gasteiger partial charge in [-0.25, -0.2) is 0 Å². The van der Waals surface area contributed by atoms with Crippen molar-refractivity contribution >= 4 is 23.6 Å². The maximum atomic E-state index is 11.9. The molecule has 15 heavy (non-hydrogen) atoms. The molecule has 0 saturated carbocycles. The lowest BCUT2D eigenvalue weighted by atomic mass is 10.3. The first-order valence-corrected chi connectivity index (χ1v) is 6.13. The van der Waals surface area contributed by atoms with Crippen molar-refractivity contribution in [2.45, 2.75) is 31.6 Å². The fraction of sp³-hybridized carbons (Fsp3) is 0.800. The molecule has 1 saturated heterocycles. The van der Waals surface area contributed by atoms with Crippen molar-refractivity contribution < 1.29 is 14.3 Å². The van der Waals surface area contributed by atoms with Crippen LogP contribution in [0.1, 0.15) is 20.3 Å². The van der Waals surface area contributed by atoms with Gasteiger partial charge in [0.2, 0.25) is 11.8 Å². The van der Waals surface area contributed by atoms with Crippen LogP contribution in [-0.4, -0.2) is 47.5 Å². The number of carbonyl (C=O) groups is 2. The molecule has 1 aliphatic rings. The van der Waals surface area contributed by atoms with Crippen LogP contribution in [0.2, 0.25) is 0 Å². The van der Waals surface area contributed by atoms with E-state index in [4.69, 9.17) is 4.74 Å². The minimum absolute atomic E-state index is 0.0589. The summed E-state index contributed by atoms with van der Waals surface area (Å²) in [6, 6.07) is -0.155. The van der Waals surface area contributed by atoms with Crippen molar-refractivity contribution in [3.63, 3.8) is 0 Å². The molecule has 0 N–H and O–H groups in total. The lowest BCUT2D eigenvalue weighted by molar-refractivity contribution is -0.141. The molecule has 0 aliphatic carbocycles. The first-order chi connectivity index (χ1) is 7.11. The van der Waals surface area contributed by atoms with E-state index in [1.807, 2.05) is 13.8 Å². The van der Waals surface area contributed by atoms with Gasteiger partial charge in [-0.3, -0.25) is 14.5 Å². The maximum absolute atomic E-state index is 11.9. The van der Waals surface area contributed by atoms with Gasteiger partial charge in [-0.05, 0) is 12.7 Å². The van der Waals surface area contributed by atoms with Crippen LogP contribution in [0.15, 0.2) is 0 Å². The number of nitrogens with zero attached hydrogens (tertiary/aromatic N) is 1. The number of rotatable bonds is 5. The monoisotopic (exact) mass is 231 g/mol. The summed E-state index contributed by atoms with van der Waals surface area (Å²) >= 11 is 1.54. The summed E-state index contributed by atoms with van der Waals surface area (Å²) in [6.07, 6.45) is 0.339. The predicted molar refractivity (Wildman–Crippen MR) is 59.7 cm³/mol. The molecule has 5 heteroatoms. The van der Waals surface area contributed by atoms with Crippen molar-refractivity contribution in [2.24, 2.45) is 0 Å². The van der Waals surface area contributed by atoms with Gasteiger partial charge in [-0.2, -0.15) is 0 Å². The van der Waals surface area contributed by atoms with E-state index in [0.717, 1.165) is 5.75 Å². The van der Waals surface area contributed by atoms with Gasteiger partial charge in [0, 0.05) is 13.5 Å². The first kappa shape index (κ1) is 12.5. The van der Waals surface area contributed by atoms with Crippen LogP contribution in [-0.2, 0) is 14.3 Å². The lowest BCUT2D eigenvalue weighted by Gasteiger charge is -2.22. The molecule has 2 unspecified atom stereocenters. The van der Waals surface area contributed by atoms with Gasteiger partial charge in [0.25, 0.3) is 0 Å². The molecule has 4 nitrogen and oxygen atoms in total. The third-order valence-corrected chi connectivity index (χ3v) is 3.46. The Morgan fingerprint density at radius 2 is 2.27 bits per heavy atom. The number of hydrogen-bond acceptors (Lipinski definition) is 4. The van der Waals surface area contributed by atoms with Gasteiger partial charge in [0.15, 0.2) is 0 Å². The first-order valence-electron chi connectivity index (χ1n) is 5.08. The molecule has 1 fully saturated rings. The van der Waals surface area contributed by atoms with E-state index in [-0.39, 0.29) is 23.1 Å². The van der Waals surface area contributed by atoms with E-state index < -0.39 is 0 Å². The van der Waals surface area contributed by atoms with Crippen molar-refractivity contribution in [1.82, 2.24) is 4.90 Å². The molecule has 0 bridgehead atoms. The molecule has 0 aromatic rings. The lowest BCUT2D eigenvalue weighted by Crippen LogP contribution is -2.41. The van der Waals surface area contributed by atoms with Gasteiger partial charge in [0.1, 0.15) is 0 Å². The molecule has 1 aliphatic heterocycles. The van der Waals surface area contributed by atoms with Gasteiger partial charge in [-0.1, -0.05) is 6.92 Å². The smallest absolute Gasteiger partial charge is 0.243 e. The van der Waals surface area contributed by atoms with E-state index in [1.165, 1.54) is 16.7 Å². The van der Waals surface area contributed by atoms with E-state index in [1.54, 1.807) is 7.11 Å². The Kier molecular flexibility index (Phi) is 4.60. The van der Waals surface area contributed by atoms with Gasteiger partial charge < -0.3 is 4.74 Å². The zero-order valence-electron chi connectivity index (χ0n) is 9.36. The molecule has 86 valence electrons. The summed E-state index contributed by atoms with van der Waals surface area (Å²) in [5, 5.41) is -0.179. The third kappa shape index (κ3) is 2.72. The van der Waals surface area contributed by atoms with Crippen molar-refractivity contribution in [3.8, 4) is 0 Å². The summed E-state index contributed by atoms with van der Waals surface area (Å²) in [4.78, 5) is 24.8. The summed E-state index contributed by atoms with van der Waals surface area (Å²) in [6.45, 7) is 4.23. The standard InChI is InChI=1S/C10H17NO3S/c1-4-15-8-5-9(12)11(10(8)13)7(2)6-14-3/h7-8H,4-6H2,1-3H3. The zero-order chi connectivity index (χ0) is 11.4. The van der Waals surface area contributed by atoms with Gasteiger partial charge >= 0.3 is 0 Å². The minimum Gasteiger partial charge on any atom is -0.383 e. The number of carbonyl (C=O) groups excluding carboxylic acids is 2. The highest BCUT2D eigenvalue weighted by molar-refractivity contribution is 8.00. The molecule has 0 aromatic heterocycles. The highest BCUT2D eigenvalue weighted by Crippen LogP contribution is 2.26. The number of amides is 2. The number of likely N-dealkylation sites (tertiary alicyclic amines) is 1. The second kappa shape index (κ2) is 5.51. The maximum Gasteiger partial charge on any atom is 0.243 e. The van der Waals surface area contributed by atoms with Crippen LogP contribution in [0.25, 0.3) is 0 Å². The Balaban J connectivity index is 2.66. The summed E-state index contributed by atoms with van der Waals surface area (Å²) in [5.41, 5.74) is 0. The van der Waals surface area contributed by atoms with Crippen molar-refractivity contribution in [3.05, 3.63) is 0 Å². The van der Waals surface area contributed by atoms with Gasteiger partial charge in [-0.15, -0.1) is 11.8 Å². The molecule has 0 spiro atoms. The van der Waals surface area contributed by atoms with Gasteiger partial charge in [0.05, 0.1) is 17.9 Å². The van der Waals surface area contributed by atoms with E-state index in [9.17, 15) is 9.59 Å². The van der Waals surface area contributed by atoms with Crippen molar-refractivity contribution in [2.75, 3.05) is 19.5 Å². The fourth-order valence-electron chi connectivity index (χ4n) is 1.73. The highest BCUT2D eigenvalue weighted by Gasteiger charge is 2.40. The Morgan fingerprint density at radius 3 is 2.80 bits per heavy atom. The van der Waals surface area contributed by atoms with E-state index >= 15 is 0 Å². The van der Waals surface area contributed by atoms with Crippen LogP contribution < -0.4 is 0 Å². The van der Waals surface area contributed by atoms with Crippen LogP contribution in [0, 0.1) is 0 Å². The molecule has 0 aromatic carbocycles. The molecule has 2 atom stereocenters. The van der Waals surface area contributed by atoms with Crippen LogP contribution in [0.3, 0.4) is 0 Å². The fourth-order valence-corrected chi connectivity index (χ4v) is 2.65. The minimum atomic E-state index is -0.179. The SMILES string of the molecule is CCSC1CC(=O)N(C(C)COC)C1=O. The van der Waals surface area contributed by atoms with Crippen LogP contribution >= 0.6 is 11.8 Å². The number of methoxy groups -OCH3 is 1. The summed E-state index contributed by atoms with van der Waals surface area (Å²) in [7, 11) is 1.57. The topological polar surface area (TPSA) is 46.6 Å². The van der Waals surface area contributed by atoms with Crippen LogP contribution in [0.5, 0.6) is 0 Å². The second-order valence-corrected chi connectivity index (χ2v) is 5.03. The van der Waals surface area contributed by atoms with Crippen molar-refractivity contribution in [1.29, 1.82) is 0 Å². The number of hydrogen-bond donors (Lipinski definition) is 0. The Bertz CT molecular complexity index is 257. The molecule has 1 rings (SSSR count). The molecular weight excluding hydrogens is 214 g/mol. The average Bonchev–Trinajstić information content (AvgIpc) is 2.43. The molecule has 1 heterocycles. The zero-order valence-corrected chi connectivity index (χ0v) is 10.2. The third-order valence-electron chi connectivity index (χ3n) is 2.36. The van der Waals surface area contributed by atoms with Crippen LogP contribution in [0.4, 0.5) is 0 Å². The Hall–Kier alpha value is -0.550.